The van der Waals surface area contributed by atoms with Crippen molar-refractivity contribution in [3.05, 3.63) is 237 Å². The van der Waals surface area contributed by atoms with Crippen LogP contribution < -0.4 is 0 Å². The molecule has 0 aliphatic rings. The predicted octanol–water partition coefficient (Wildman–Crippen LogP) is 14.9. The van der Waals surface area contributed by atoms with Crippen LogP contribution in [0.2, 0.25) is 0 Å². The molecular formula is C61H39N7. The first-order valence-electron chi connectivity index (χ1n) is 22.8. The van der Waals surface area contributed by atoms with Crippen LogP contribution in [-0.2, 0) is 0 Å². The number of hydrogen-bond acceptors (Lipinski definition) is 5. The van der Waals surface area contributed by atoms with Gasteiger partial charge in [0.2, 0.25) is 0 Å². The van der Waals surface area contributed by atoms with Gasteiger partial charge in [-0.2, -0.15) is 0 Å². The van der Waals surface area contributed by atoms with E-state index >= 15 is 0 Å². The minimum atomic E-state index is 0.624. The van der Waals surface area contributed by atoms with Crippen molar-refractivity contribution in [2.24, 2.45) is 0 Å². The Hall–Kier alpha value is -9.33. The molecule has 318 valence electrons. The lowest BCUT2D eigenvalue weighted by molar-refractivity contribution is 1.07. The zero-order valence-corrected chi connectivity index (χ0v) is 36.6. The normalized spacial score (nSPS) is 11.5. The summed E-state index contributed by atoms with van der Waals surface area (Å²) in [6.45, 7) is 0. The van der Waals surface area contributed by atoms with Crippen LogP contribution in [0.1, 0.15) is 0 Å². The molecule has 7 heteroatoms. The first-order chi connectivity index (χ1) is 33.7. The number of fused-ring (bicyclic) bond motifs is 7. The first kappa shape index (κ1) is 39.1. The number of aromatic nitrogens is 7. The zero-order chi connectivity index (χ0) is 45.0. The third-order valence-electron chi connectivity index (χ3n) is 12.8. The van der Waals surface area contributed by atoms with Gasteiger partial charge in [0.25, 0.3) is 0 Å². The molecule has 0 saturated heterocycles. The largest absolute Gasteiger partial charge is 0.309 e. The van der Waals surface area contributed by atoms with E-state index in [-0.39, 0.29) is 0 Å². The number of hydrogen-bond donors (Lipinski definition) is 0. The van der Waals surface area contributed by atoms with Gasteiger partial charge in [-0.1, -0.05) is 158 Å². The summed E-state index contributed by atoms with van der Waals surface area (Å²) >= 11 is 0. The Morgan fingerprint density at radius 2 is 0.544 bits per heavy atom. The average molecular weight is 870 g/mol. The van der Waals surface area contributed by atoms with E-state index in [4.69, 9.17) is 24.9 Å². The van der Waals surface area contributed by atoms with Gasteiger partial charge in [-0.05, 0) is 78.9 Å². The van der Waals surface area contributed by atoms with Crippen molar-refractivity contribution < 1.29 is 0 Å². The Labute approximate surface area is 392 Å². The first-order valence-corrected chi connectivity index (χ1v) is 22.8. The van der Waals surface area contributed by atoms with Crippen molar-refractivity contribution in [1.82, 2.24) is 34.1 Å². The van der Waals surface area contributed by atoms with Gasteiger partial charge in [0.15, 0.2) is 23.3 Å². The van der Waals surface area contributed by atoms with E-state index in [1.165, 1.54) is 21.5 Å². The molecule has 68 heavy (non-hydrogen) atoms. The van der Waals surface area contributed by atoms with E-state index in [1.807, 2.05) is 97.1 Å². The van der Waals surface area contributed by atoms with Crippen LogP contribution in [0.3, 0.4) is 0 Å². The molecule has 0 radical (unpaired) electrons. The molecule has 0 bridgehead atoms. The predicted molar refractivity (Wildman–Crippen MR) is 277 cm³/mol. The van der Waals surface area contributed by atoms with Crippen LogP contribution in [-0.4, -0.2) is 34.1 Å². The summed E-state index contributed by atoms with van der Waals surface area (Å²) in [5.74, 6) is 2.59. The van der Waals surface area contributed by atoms with Gasteiger partial charge in [0, 0.05) is 66.3 Å². The Bertz CT molecular complexity index is 3600. The molecule has 4 heterocycles. The van der Waals surface area contributed by atoms with Crippen LogP contribution in [0.15, 0.2) is 237 Å². The van der Waals surface area contributed by atoms with Crippen molar-refractivity contribution in [1.29, 1.82) is 0 Å². The Morgan fingerprint density at radius 3 is 0.926 bits per heavy atom. The number of nitrogens with zero attached hydrogens (tertiary/aromatic N) is 7. The second-order valence-electron chi connectivity index (χ2n) is 16.9. The second kappa shape index (κ2) is 16.3. The molecule has 0 amide bonds. The van der Waals surface area contributed by atoms with Crippen LogP contribution in [0, 0.1) is 0 Å². The van der Waals surface area contributed by atoms with E-state index in [9.17, 15) is 0 Å². The average Bonchev–Trinajstić information content (AvgIpc) is 3.94. The lowest BCUT2D eigenvalue weighted by Gasteiger charge is -2.12. The highest BCUT2D eigenvalue weighted by Gasteiger charge is 2.21. The maximum atomic E-state index is 5.10. The summed E-state index contributed by atoms with van der Waals surface area (Å²) in [6.07, 6.45) is 0. The highest BCUT2D eigenvalue weighted by atomic mass is 15.0. The molecule has 13 aromatic rings. The fourth-order valence-electron chi connectivity index (χ4n) is 9.62. The van der Waals surface area contributed by atoms with Gasteiger partial charge >= 0.3 is 0 Å². The molecule has 0 aliphatic heterocycles. The van der Waals surface area contributed by atoms with E-state index in [0.29, 0.717) is 23.3 Å². The Balaban J connectivity index is 0.923. The van der Waals surface area contributed by atoms with Gasteiger partial charge in [0.05, 0.1) is 33.5 Å². The number of rotatable bonds is 8. The van der Waals surface area contributed by atoms with Crippen LogP contribution in [0.5, 0.6) is 0 Å². The quantitative estimate of drug-likeness (QED) is 0.152. The van der Waals surface area contributed by atoms with E-state index in [0.717, 1.165) is 78.2 Å². The highest BCUT2D eigenvalue weighted by Crippen LogP contribution is 2.43. The summed E-state index contributed by atoms with van der Waals surface area (Å²) < 4.78 is 4.76. The van der Waals surface area contributed by atoms with Gasteiger partial charge in [-0.3, -0.25) is 0 Å². The van der Waals surface area contributed by atoms with Crippen molar-refractivity contribution in [2.75, 3.05) is 0 Å². The zero-order valence-electron chi connectivity index (χ0n) is 36.6. The van der Waals surface area contributed by atoms with Gasteiger partial charge in [-0.15, -0.1) is 0 Å². The van der Waals surface area contributed by atoms with Gasteiger partial charge in [0.1, 0.15) is 0 Å². The third kappa shape index (κ3) is 6.72. The summed E-state index contributed by atoms with van der Waals surface area (Å²) in [6, 6.07) is 82.1. The van der Waals surface area contributed by atoms with Gasteiger partial charge in [-0.25, -0.2) is 24.9 Å². The Morgan fingerprint density at radius 1 is 0.235 bits per heavy atom. The molecule has 4 aromatic heterocycles. The molecule has 13 rings (SSSR count). The van der Waals surface area contributed by atoms with Crippen molar-refractivity contribution >= 4 is 43.6 Å². The van der Waals surface area contributed by atoms with Crippen LogP contribution in [0.4, 0.5) is 0 Å². The van der Waals surface area contributed by atoms with Crippen molar-refractivity contribution in [3.8, 4) is 79.4 Å². The molecule has 9 aromatic carbocycles. The summed E-state index contributed by atoms with van der Waals surface area (Å²) in [5, 5.41) is 4.82. The highest BCUT2D eigenvalue weighted by molar-refractivity contribution is 6.28. The van der Waals surface area contributed by atoms with E-state index < -0.39 is 0 Å². The number of benzene rings is 9. The van der Waals surface area contributed by atoms with Crippen molar-refractivity contribution in [3.63, 3.8) is 0 Å². The minimum Gasteiger partial charge on any atom is -0.309 e. The Kier molecular flexibility index (Phi) is 9.35. The summed E-state index contributed by atoms with van der Waals surface area (Å²) in [4.78, 5) is 25.1. The SMILES string of the molecule is c1ccc(-c2cc(-c3ccccc3)nc(-c3ccc(-n4c5ccccc5c5c6c7ccccc7n(-c7ccc(-c8nc(-c9ccccc9)nc(-c9ccccc9)n8)cc7)c6ccc54)cc3)n2)cc1. The summed E-state index contributed by atoms with van der Waals surface area (Å²) in [5.41, 5.74) is 14.3. The maximum absolute atomic E-state index is 5.10. The number of para-hydroxylation sites is 2. The third-order valence-corrected chi connectivity index (χ3v) is 12.8. The second-order valence-corrected chi connectivity index (χ2v) is 16.9. The molecule has 0 saturated carbocycles. The smallest absolute Gasteiger partial charge is 0.164 e. The summed E-state index contributed by atoms with van der Waals surface area (Å²) in [7, 11) is 0. The lowest BCUT2D eigenvalue weighted by atomic mass is 10.1. The molecular weight excluding hydrogens is 831 g/mol. The molecule has 0 N–H and O–H groups in total. The van der Waals surface area contributed by atoms with Crippen LogP contribution in [0.25, 0.3) is 123 Å². The molecule has 0 fully saturated rings. The molecule has 0 unspecified atom stereocenters. The van der Waals surface area contributed by atoms with Crippen LogP contribution >= 0.6 is 0 Å². The van der Waals surface area contributed by atoms with Crippen molar-refractivity contribution in [2.45, 2.75) is 0 Å². The fraction of sp³-hybridized carbons (Fsp3) is 0. The molecule has 7 nitrogen and oxygen atoms in total. The molecule has 0 aliphatic carbocycles. The molecule has 0 spiro atoms. The molecule has 0 atom stereocenters. The van der Waals surface area contributed by atoms with E-state index in [1.54, 1.807) is 0 Å². The monoisotopic (exact) mass is 869 g/mol. The maximum Gasteiger partial charge on any atom is 0.164 e. The topological polar surface area (TPSA) is 74.3 Å². The fourth-order valence-corrected chi connectivity index (χ4v) is 9.62. The van der Waals surface area contributed by atoms with E-state index in [2.05, 4.69) is 149 Å². The lowest BCUT2D eigenvalue weighted by Crippen LogP contribution is -2.00. The standard InChI is InChI=1S/C61H39N7/c1-5-17-40(18-6-1)50-39-51(41-19-7-2-8-20-41)63-58(62-50)44-29-33-46(34-30-44)67-52-27-15-13-25-48(52)56-54(67)37-38-55-57(56)49-26-14-16-28-53(49)68(55)47-35-31-45(32-36-47)61-65-59(42-21-9-3-10-22-42)64-60(66-61)43-23-11-4-12-24-43/h1-39H. The van der Waals surface area contributed by atoms with Gasteiger partial charge < -0.3 is 9.13 Å². The minimum absolute atomic E-state index is 0.624.